The van der Waals surface area contributed by atoms with E-state index in [0.717, 1.165) is 11.1 Å². The maximum atomic E-state index is 13.0. The molecule has 7 nitrogen and oxygen atoms in total. The van der Waals surface area contributed by atoms with Gasteiger partial charge in [-0.1, -0.05) is 23.2 Å². The number of nitrogens with one attached hydrogen (secondary N) is 2. The highest BCUT2D eigenvalue weighted by Crippen LogP contribution is 2.37. The van der Waals surface area contributed by atoms with E-state index in [9.17, 15) is 14.4 Å². The monoisotopic (exact) mass is 472 g/mol. The van der Waals surface area contributed by atoms with Gasteiger partial charge in [0.25, 0.3) is 0 Å². The first-order valence-corrected chi connectivity index (χ1v) is 11.0. The van der Waals surface area contributed by atoms with Crippen molar-refractivity contribution >= 4 is 46.4 Å². The Balaban J connectivity index is 1.49. The standard InChI is InChI=1S/C23H22Cl2N4O3/c1-23(2,14-6-8-29-15(11-14)5-7-27-29)22(32)26-12-13-9-17(24)20(18(25)10-13)16-3-4-19(30)28-21(16)31/h5-11,16H,3-4,12H2,1-2H3,(H,26,32)(H,28,30,31). The number of rotatable bonds is 5. The van der Waals surface area contributed by atoms with E-state index in [0.29, 0.717) is 27.6 Å². The zero-order valence-electron chi connectivity index (χ0n) is 17.6. The number of hydrogen-bond donors (Lipinski definition) is 2. The summed E-state index contributed by atoms with van der Waals surface area (Å²) in [5, 5.41) is 10.1. The highest BCUT2D eigenvalue weighted by molar-refractivity contribution is 6.36. The first-order chi connectivity index (χ1) is 15.2. The van der Waals surface area contributed by atoms with Gasteiger partial charge < -0.3 is 5.32 Å². The van der Waals surface area contributed by atoms with Crippen molar-refractivity contribution in [2.45, 2.75) is 44.6 Å². The lowest BCUT2D eigenvalue weighted by Crippen LogP contribution is -2.40. The third-order valence-electron chi connectivity index (χ3n) is 5.87. The summed E-state index contributed by atoms with van der Waals surface area (Å²) in [6.07, 6.45) is 4.13. The van der Waals surface area contributed by atoms with Crippen LogP contribution < -0.4 is 10.6 Å². The van der Waals surface area contributed by atoms with Gasteiger partial charge >= 0.3 is 0 Å². The van der Waals surface area contributed by atoms with Crippen molar-refractivity contribution in [3.05, 3.63) is 69.5 Å². The molecule has 3 aromatic rings. The second-order valence-corrected chi connectivity index (χ2v) is 9.21. The van der Waals surface area contributed by atoms with Crippen molar-refractivity contribution in [1.82, 2.24) is 20.2 Å². The topological polar surface area (TPSA) is 92.6 Å². The van der Waals surface area contributed by atoms with Crippen LogP contribution in [0.5, 0.6) is 0 Å². The van der Waals surface area contributed by atoms with Crippen LogP contribution in [-0.4, -0.2) is 27.3 Å². The second-order valence-electron chi connectivity index (χ2n) is 8.40. The first-order valence-electron chi connectivity index (χ1n) is 10.2. The number of amides is 3. The Labute approximate surface area is 195 Å². The Hall–Kier alpha value is -2.90. The Bertz CT molecular complexity index is 1210. The number of carbonyl (C=O) groups excluding carboxylic acids is 3. The van der Waals surface area contributed by atoms with Crippen LogP contribution in [0.1, 0.15) is 49.3 Å². The number of nitrogens with zero attached hydrogens (tertiary/aromatic N) is 2. The molecule has 0 radical (unpaired) electrons. The summed E-state index contributed by atoms with van der Waals surface area (Å²) in [6.45, 7) is 3.94. The molecule has 2 N–H and O–H groups in total. The van der Waals surface area contributed by atoms with Gasteiger partial charge in [-0.25, -0.2) is 4.52 Å². The van der Waals surface area contributed by atoms with E-state index in [1.54, 1.807) is 22.8 Å². The van der Waals surface area contributed by atoms with Crippen LogP contribution in [0.2, 0.25) is 10.0 Å². The van der Waals surface area contributed by atoms with E-state index >= 15 is 0 Å². The van der Waals surface area contributed by atoms with Gasteiger partial charge in [-0.05, 0) is 61.7 Å². The third kappa shape index (κ3) is 4.23. The molecule has 1 fully saturated rings. The van der Waals surface area contributed by atoms with Gasteiger partial charge in [0.2, 0.25) is 17.7 Å². The summed E-state index contributed by atoms with van der Waals surface area (Å²) in [4.78, 5) is 36.6. The molecule has 1 atom stereocenters. The van der Waals surface area contributed by atoms with Crippen molar-refractivity contribution < 1.29 is 14.4 Å². The molecule has 1 unspecified atom stereocenters. The Kier molecular flexibility index (Phi) is 5.97. The molecule has 9 heteroatoms. The van der Waals surface area contributed by atoms with Crippen molar-refractivity contribution in [2.75, 3.05) is 0 Å². The molecule has 3 heterocycles. The predicted octanol–water partition coefficient (Wildman–Crippen LogP) is 3.76. The van der Waals surface area contributed by atoms with Crippen molar-refractivity contribution in [3.63, 3.8) is 0 Å². The van der Waals surface area contributed by atoms with Crippen LogP contribution in [0.3, 0.4) is 0 Å². The van der Waals surface area contributed by atoms with E-state index in [1.165, 1.54) is 0 Å². The van der Waals surface area contributed by atoms with Crippen LogP contribution in [0.15, 0.2) is 42.7 Å². The predicted molar refractivity (Wildman–Crippen MR) is 122 cm³/mol. The fourth-order valence-electron chi connectivity index (χ4n) is 3.89. The number of fused-ring (bicyclic) bond motifs is 1. The van der Waals surface area contributed by atoms with E-state index in [4.69, 9.17) is 23.2 Å². The van der Waals surface area contributed by atoms with E-state index in [1.807, 2.05) is 38.2 Å². The summed E-state index contributed by atoms with van der Waals surface area (Å²) in [5.74, 6) is -1.42. The van der Waals surface area contributed by atoms with Crippen molar-refractivity contribution in [1.29, 1.82) is 0 Å². The van der Waals surface area contributed by atoms with Crippen LogP contribution in [-0.2, 0) is 26.3 Å². The van der Waals surface area contributed by atoms with Gasteiger partial charge in [0.15, 0.2) is 0 Å². The smallest absolute Gasteiger partial charge is 0.234 e. The van der Waals surface area contributed by atoms with Gasteiger partial charge in [0, 0.05) is 41.0 Å². The minimum atomic E-state index is -0.772. The Morgan fingerprint density at radius 1 is 1.22 bits per heavy atom. The quantitative estimate of drug-likeness (QED) is 0.552. The van der Waals surface area contributed by atoms with Gasteiger partial charge in [-0.3, -0.25) is 19.7 Å². The van der Waals surface area contributed by atoms with Gasteiger partial charge in [0.1, 0.15) is 0 Å². The molecule has 0 bridgehead atoms. The Morgan fingerprint density at radius 3 is 2.62 bits per heavy atom. The molecule has 166 valence electrons. The maximum absolute atomic E-state index is 13.0. The largest absolute Gasteiger partial charge is 0.351 e. The lowest BCUT2D eigenvalue weighted by Gasteiger charge is -2.25. The minimum Gasteiger partial charge on any atom is -0.351 e. The molecule has 1 aliphatic heterocycles. The number of piperidine rings is 1. The lowest BCUT2D eigenvalue weighted by atomic mass is 9.84. The highest BCUT2D eigenvalue weighted by Gasteiger charge is 2.32. The second kappa shape index (κ2) is 8.56. The molecular weight excluding hydrogens is 451 g/mol. The molecule has 32 heavy (non-hydrogen) atoms. The van der Waals surface area contributed by atoms with Crippen LogP contribution in [0.25, 0.3) is 5.52 Å². The number of carbonyl (C=O) groups is 3. The zero-order chi connectivity index (χ0) is 23.0. The van der Waals surface area contributed by atoms with Gasteiger partial charge in [0.05, 0.1) is 16.8 Å². The average molecular weight is 473 g/mol. The van der Waals surface area contributed by atoms with E-state index in [2.05, 4.69) is 15.7 Å². The van der Waals surface area contributed by atoms with Gasteiger partial charge in [-0.15, -0.1) is 0 Å². The van der Waals surface area contributed by atoms with E-state index in [-0.39, 0.29) is 24.8 Å². The molecular formula is C23H22Cl2N4O3. The summed E-state index contributed by atoms with van der Waals surface area (Å²) in [7, 11) is 0. The minimum absolute atomic E-state index is 0.150. The van der Waals surface area contributed by atoms with Crippen molar-refractivity contribution in [2.24, 2.45) is 0 Å². The van der Waals surface area contributed by atoms with Crippen LogP contribution >= 0.6 is 23.2 Å². The molecule has 3 amide bonds. The average Bonchev–Trinajstić information content (AvgIpc) is 3.21. The summed E-state index contributed by atoms with van der Waals surface area (Å²) in [6, 6.07) is 9.08. The molecule has 4 rings (SSSR count). The van der Waals surface area contributed by atoms with Crippen LogP contribution in [0, 0.1) is 0 Å². The first kappa shape index (κ1) is 22.3. The normalized spacial score (nSPS) is 16.8. The molecule has 2 aromatic heterocycles. The summed E-state index contributed by atoms with van der Waals surface area (Å²) in [5.41, 5.74) is 2.22. The molecule has 1 saturated heterocycles. The van der Waals surface area contributed by atoms with Gasteiger partial charge in [-0.2, -0.15) is 5.10 Å². The zero-order valence-corrected chi connectivity index (χ0v) is 19.1. The van der Waals surface area contributed by atoms with Crippen LogP contribution in [0.4, 0.5) is 0 Å². The molecule has 0 aliphatic carbocycles. The SMILES string of the molecule is CC(C)(C(=O)NCc1cc(Cl)c(C2CCC(=O)NC2=O)c(Cl)c1)c1ccn2nccc2c1. The maximum Gasteiger partial charge on any atom is 0.234 e. The molecule has 0 spiro atoms. The molecule has 0 saturated carbocycles. The van der Waals surface area contributed by atoms with E-state index < -0.39 is 17.2 Å². The number of pyridine rings is 1. The number of hydrogen-bond acceptors (Lipinski definition) is 4. The highest BCUT2D eigenvalue weighted by atomic mass is 35.5. The summed E-state index contributed by atoms with van der Waals surface area (Å²) >= 11 is 12.9. The number of imide groups is 1. The molecule has 1 aliphatic rings. The molecule has 1 aromatic carbocycles. The lowest BCUT2D eigenvalue weighted by molar-refractivity contribution is -0.134. The third-order valence-corrected chi connectivity index (χ3v) is 6.49. The fraction of sp³-hybridized carbons (Fsp3) is 0.304. The van der Waals surface area contributed by atoms with Crippen molar-refractivity contribution in [3.8, 4) is 0 Å². The number of benzene rings is 1. The Morgan fingerprint density at radius 2 is 1.94 bits per heavy atom. The fourth-order valence-corrected chi connectivity index (χ4v) is 4.68. The summed E-state index contributed by atoms with van der Waals surface area (Å²) < 4.78 is 1.74. The number of aromatic nitrogens is 2. The number of halogens is 2.